The molecule has 0 saturated heterocycles. The van der Waals surface area contributed by atoms with Gasteiger partial charge in [0.25, 0.3) is 6.47 Å². The number of hydrogen-bond acceptors (Lipinski definition) is 9. The van der Waals surface area contributed by atoms with Crippen molar-refractivity contribution in [1.82, 2.24) is 20.3 Å². The molecule has 2 aromatic heterocycles. The molecule has 7 N–H and O–H groups in total. The van der Waals surface area contributed by atoms with Gasteiger partial charge in [-0.05, 0) is 25.1 Å². The number of nitrogens with one attached hydrogen (secondary N) is 1. The second kappa shape index (κ2) is 10.9. The predicted octanol–water partition coefficient (Wildman–Crippen LogP) is 1.38. The van der Waals surface area contributed by atoms with Gasteiger partial charge in [-0.25, -0.2) is 15.2 Å². The SMILES string of the molecule is CC(OC=O)c1cc(F)cnc1Cl.CN/C(=C(/N)c1ccc(N)cn1)N(C)N. The second-order valence-electron chi connectivity index (χ2n) is 5.51. The number of pyridine rings is 2. The van der Waals surface area contributed by atoms with Crippen molar-refractivity contribution < 1.29 is 13.9 Å². The summed E-state index contributed by atoms with van der Waals surface area (Å²) in [7, 11) is 3.43. The first-order valence-corrected chi connectivity index (χ1v) is 8.36. The summed E-state index contributed by atoms with van der Waals surface area (Å²) >= 11 is 5.65. The molecule has 0 amide bonds. The summed E-state index contributed by atoms with van der Waals surface area (Å²) in [6.07, 6.45) is 1.96. The number of carbonyl (C=O) groups is 1. The number of nitrogen functional groups attached to an aromatic ring is 1. The molecule has 0 aliphatic rings. The zero-order chi connectivity index (χ0) is 21.3. The van der Waals surface area contributed by atoms with Crippen molar-refractivity contribution in [1.29, 1.82) is 0 Å². The lowest BCUT2D eigenvalue weighted by Gasteiger charge is -2.18. The fourth-order valence-corrected chi connectivity index (χ4v) is 2.32. The molecule has 11 heteroatoms. The van der Waals surface area contributed by atoms with E-state index in [-0.39, 0.29) is 11.6 Å². The molecule has 9 nitrogen and oxygen atoms in total. The van der Waals surface area contributed by atoms with Gasteiger partial charge in [0.1, 0.15) is 22.9 Å². The van der Waals surface area contributed by atoms with E-state index < -0.39 is 11.9 Å². The normalized spacial score (nSPS) is 12.1. The number of carbonyl (C=O) groups excluding carboxylic acids is 1. The first-order valence-electron chi connectivity index (χ1n) is 7.99. The number of ether oxygens (including phenoxy) is 1. The summed E-state index contributed by atoms with van der Waals surface area (Å²) in [6, 6.07) is 4.66. The summed E-state index contributed by atoms with van der Waals surface area (Å²) in [6.45, 7) is 1.86. The molecule has 2 aromatic rings. The van der Waals surface area contributed by atoms with E-state index >= 15 is 0 Å². The van der Waals surface area contributed by atoms with E-state index in [0.717, 1.165) is 6.20 Å². The highest BCUT2D eigenvalue weighted by molar-refractivity contribution is 6.30. The third-order valence-corrected chi connectivity index (χ3v) is 3.75. The quantitative estimate of drug-likeness (QED) is 0.239. The zero-order valence-corrected chi connectivity index (χ0v) is 16.4. The Bertz CT molecular complexity index is 816. The molecule has 0 bridgehead atoms. The molecule has 0 aliphatic carbocycles. The minimum Gasteiger partial charge on any atom is -0.460 e. The summed E-state index contributed by atoms with van der Waals surface area (Å²) in [5.74, 6) is 5.69. The van der Waals surface area contributed by atoms with Crippen molar-refractivity contribution >= 4 is 29.5 Å². The molecule has 2 heterocycles. The van der Waals surface area contributed by atoms with Gasteiger partial charge in [-0.2, -0.15) is 0 Å². The number of aromatic nitrogens is 2. The Hall–Kier alpha value is -3.11. The van der Waals surface area contributed by atoms with Crippen molar-refractivity contribution in [2.75, 3.05) is 19.8 Å². The maximum absolute atomic E-state index is 12.7. The van der Waals surface area contributed by atoms with Crippen LogP contribution in [0.3, 0.4) is 0 Å². The van der Waals surface area contributed by atoms with Crippen LogP contribution in [0.4, 0.5) is 10.1 Å². The fraction of sp³-hybridized carbons (Fsp3) is 0.235. The van der Waals surface area contributed by atoms with Gasteiger partial charge in [-0.1, -0.05) is 11.6 Å². The van der Waals surface area contributed by atoms with Gasteiger partial charge < -0.3 is 21.5 Å². The zero-order valence-electron chi connectivity index (χ0n) is 15.7. The first kappa shape index (κ1) is 22.9. The molecule has 0 spiro atoms. The molecule has 0 radical (unpaired) electrons. The Morgan fingerprint density at radius 2 is 2.07 bits per heavy atom. The number of anilines is 1. The highest BCUT2D eigenvalue weighted by Crippen LogP contribution is 2.23. The van der Waals surface area contributed by atoms with Crippen LogP contribution in [0, 0.1) is 5.82 Å². The van der Waals surface area contributed by atoms with E-state index in [4.69, 9.17) is 28.9 Å². The van der Waals surface area contributed by atoms with Crippen LogP contribution in [0.25, 0.3) is 5.70 Å². The maximum Gasteiger partial charge on any atom is 0.293 e. The van der Waals surface area contributed by atoms with Gasteiger partial charge >= 0.3 is 0 Å². The smallest absolute Gasteiger partial charge is 0.293 e. The molecule has 2 rings (SSSR count). The van der Waals surface area contributed by atoms with Crippen LogP contribution < -0.4 is 22.6 Å². The Kier molecular flexibility index (Phi) is 8.93. The molecule has 0 fully saturated rings. The van der Waals surface area contributed by atoms with Crippen molar-refractivity contribution in [3.05, 3.63) is 58.6 Å². The second-order valence-corrected chi connectivity index (χ2v) is 5.87. The van der Waals surface area contributed by atoms with E-state index in [2.05, 4.69) is 20.0 Å². The highest BCUT2D eigenvalue weighted by atomic mass is 35.5. The maximum atomic E-state index is 12.7. The van der Waals surface area contributed by atoms with Gasteiger partial charge in [-0.3, -0.25) is 14.8 Å². The van der Waals surface area contributed by atoms with Gasteiger partial charge in [0.15, 0.2) is 0 Å². The lowest BCUT2D eigenvalue weighted by molar-refractivity contribution is -0.133. The van der Waals surface area contributed by atoms with E-state index in [1.165, 1.54) is 11.1 Å². The van der Waals surface area contributed by atoms with E-state index in [1.807, 2.05) is 0 Å². The number of halogens is 2. The topological polar surface area (TPSA) is 145 Å². The molecule has 0 aliphatic heterocycles. The van der Waals surface area contributed by atoms with Crippen LogP contribution in [-0.2, 0) is 9.53 Å². The summed E-state index contributed by atoms with van der Waals surface area (Å²) in [5.41, 5.74) is 13.5. The van der Waals surface area contributed by atoms with Crippen molar-refractivity contribution in [2.24, 2.45) is 11.6 Å². The molecule has 1 unspecified atom stereocenters. The van der Waals surface area contributed by atoms with Gasteiger partial charge in [0.05, 0.1) is 29.5 Å². The molecule has 1 atom stereocenters. The fourth-order valence-electron chi connectivity index (χ4n) is 2.07. The largest absolute Gasteiger partial charge is 0.460 e. The average Bonchev–Trinajstić information content (AvgIpc) is 2.65. The van der Waals surface area contributed by atoms with Crippen molar-refractivity contribution in [3.8, 4) is 0 Å². The molecular weight excluding hydrogens is 389 g/mol. The molecular formula is C17H23ClFN7O2. The Morgan fingerprint density at radius 1 is 1.39 bits per heavy atom. The van der Waals surface area contributed by atoms with Crippen LogP contribution in [-0.4, -0.2) is 35.5 Å². The number of hydrazine groups is 1. The Morgan fingerprint density at radius 3 is 2.57 bits per heavy atom. The van der Waals surface area contributed by atoms with Crippen LogP contribution in [0.5, 0.6) is 0 Å². The Balaban J connectivity index is 0.000000283. The molecule has 0 saturated carbocycles. The van der Waals surface area contributed by atoms with Crippen LogP contribution in [0.15, 0.2) is 36.4 Å². The molecule has 152 valence electrons. The Labute approximate surface area is 167 Å². The third-order valence-electron chi connectivity index (χ3n) is 3.44. The monoisotopic (exact) mass is 411 g/mol. The molecule has 0 aromatic carbocycles. The molecule has 28 heavy (non-hydrogen) atoms. The van der Waals surface area contributed by atoms with Crippen molar-refractivity contribution in [2.45, 2.75) is 13.0 Å². The van der Waals surface area contributed by atoms with Crippen LogP contribution in [0.1, 0.15) is 24.3 Å². The number of nitrogens with two attached hydrogens (primary N) is 3. The van der Waals surface area contributed by atoms with Gasteiger partial charge in [0.2, 0.25) is 0 Å². The standard InChI is InChI=1S/C9H16N6.C8H7ClFNO2/c1-13-9(15(2)12)8(11)7-4-3-6(10)5-14-7;1-5(13-4-12)7-2-6(10)3-11-8(7)9/h3-5,13H,10-12H2,1-2H3;2-5H,1H3/b9-8-;. The number of rotatable bonds is 6. The minimum atomic E-state index is -0.590. The van der Waals surface area contributed by atoms with E-state index in [9.17, 15) is 9.18 Å². The van der Waals surface area contributed by atoms with Gasteiger partial charge in [-0.15, -0.1) is 0 Å². The lowest BCUT2D eigenvalue weighted by atomic mass is 10.2. The lowest BCUT2D eigenvalue weighted by Crippen LogP contribution is -2.34. The van der Waals surface area contributed by atoms with Crippen LogP contribution >= 0.6 is 11.6 Å². The van der Waals surface area contributed by atoms with Crippen LogP contribution in [0.2, 0.25) is 5.15 Å². The first-order chi connectivity index (χ1) is 13.2. The predicted molar refractivity (Wildman–Crippen MR) is 106 cm³/mol. The highest BCUT2D eigenvalue weighted by Gasteiger charge is 2.12. The van der Waals surface area contributed by atoms with Gasteiger partial charge in [0, 0.05) is 19.7 Å². The summed E-state index contributed by atoms with van der Waals surface area (Å²) < 4.78 is 17.3. The van der Waals surface area contributed by atoms with E-state index in [0.29, 0.717) is 28.5 Å². The number of nitrogens with zero attached hydrogens (tertiary/aromatic N) is 3. The van der Waals surface area contributed by atoms with E-state index in [1.54, 1.807) is 39.3 Å². The summed E-state index contributed by atoms with van der Waals surface area (Å²) in [5, 5.41) is 4.43. The number of hydrogen-bond donors (Lipinski definition) is 4. The van der Waals surface area contributed by atoms with Crippen molar-refractivity contribution in [3.63, 3.8) is 0 Å². The summed E-state index contributed by atoms with van der Waals surface area (Å²) in [4.78, 5) is 17.7. The average molecular weight is 412 g/mol. The minimum absolute atomic E-state index is 0.135. The third kappa shape index (κ3) is 6.56.